The maximum atomic E-state index is 6.01. The number of anilines is 2. The number of aromatic nitrogens is 3. The van der Waals surface area contributed by atoms with E-state index in [2.05, 4.69) is 15.2 Å². The third-order valence-electron chi connectivity index (χ3n) is 2.34. The number of hydrogen-bond donors (Lipinski definition) is 2. The maximum absolute atomic E-state index is 6.01. The minimum absolute atomic E-state index is 0.0120. The van der Waals surface area contributed by atoms with Gasteiger partial charge in [-0.05, 0) is 25.1 Å². The Morgan fingerprint density at radius 1 is 1.21 bits per heavy atom. The van der Waals surface area contributed by atoms with Crippen molar-refractivity contribution in [3.63, 3.8) is 0 Å². The number of nitrogens with zero attached hydrogens (tertiary/aromatic N) is 3. The van der Waals surface area contributed by atoms with Gasteiger partial charge >= 0.3 is 0 Å². The van der Waals surface area contributed by atoms with Gasteiger partial charge in [-0.2, -0.15) is 4.98 Å². The van der Waals surface area contributed by atoms with Crippen molar-refractivity contribution in [1.82, 2.24) is 15.2 Å². The lowest BCUT2D eigenvalue weighted by molar-refractivity contribution is 0.221. The standard InChI is InChI=1S/C11H11Cl2N5O/c1-5(9-10(14)16-11(15)18-17-9)19-8-3-2-6(12)4-7(8)13/h2-5H,1H3,(H4,14,15,16,18). The maximum Gasteiger partial charge on any atom is 0.242 e. The molecule has 0 aliphatic rings. The lowest BCUT2D eigenvalue weighted by Crippen LogP contribution is -2.13. The summed E-state index contributed by atoms with van der Waals surface area (Å²) < 4.78 is 5.65. The number of ether oxygens (including phenoxy) is 1. The summed E-state index contributed by atoms with van der Waals surface area (Å²) in [4.78, 5) is 3.82. The van der Waals surface area contributed by atoms with Crippen LogP contribution in [0.25, 0.3) is 0 Å². The molecule has 8 heteroatoms. The summed E-state index contributed by atoms with van der Waals surface area (Å²) in [5.74, 6) is 0.652. The van der Waals surface area contributed by atoms with Crippen LogP contribution in [0.4, 0.5) is 11.8 Å². The van der Waals surface area contributed by atoms with Gasteiger partial charge in [0.05, 0.1) is 5.02 Å². The van der Waals surface area contributed by atoms with E-state index in [1.54, 1.807) is 25.1 Å². The molecule has 100 valence electrons. The number of benzene rings is 1. The predicted molar refractivity (Wildman–Crippen MR) is 74.2 cm³/mol. The minimum Gasteiger partial charge on any atom is -0.483 e. The minimum atomic E-state index is -0.473. The van der Waals surface area contributed by atoms with Crippen molar-refractivity contribution in [3.05, 3.63) is 33.9 Å². The summed E-state index contributed by atoms with van der Waals surface area (Å²) in [7, 11) is 0. The summed E-state index contributed by atoms with van der Waals surface area (Å²) in [6.07, 6.45) is -0.473. The van der Waals surface area contributed by atoms with E-state index in [1.807, 2.05) is 0 Å². The molecule has 1 aromatic carbocycles. The lowest BCUT2D eigenvalue weighted by atomic mass is 10.2. The van der Waals surface area contributed by atoms with E-state index in [9.17, 15) is 0 Å². The third kappa shape index (κ3) is 3.15. The van der Waals surface area contributed by atoms with Gasteiger partial charge in [-0.15, -0.1) is 10.2 Å². The molecule has 2 rings (SSSR count). The molecule has 0 aliphatic carbocycles. The van der Waals surface area contributed by atoms with Crippen LogP contribution in [0.5, 0.6) is 5.75 Å². The topological polar surface area (TPSA) is 99.9 Å². The fraction of sp³-hybridized carbons (Fsp3) is 0.182. The molecule has 0 saturated heterocycles. The highest BCUT2D eigenvalue weighted by Gasteiger charge is 2.16. The molecule has 1 unspecified atom stereocenters. The molecule has 0 saturated carbocycles. The van der Waals surface area contributed by atoms with Gasteiger partial charge in [0.1, 0.15) is 17.5 Å². The van der Waals surface area contributed by atoms with Crippen molar-refractivity contribution < 1.29 is 4.74 Å². The van der Waals surface area contributed by atoms with Crippen LogP contribution >= 0.6 is 23.2 Å². The van der Waals surface area contributed by atoms with E-state index in [-0.39, 0.29) is 11.8 Å². The summed E-state index contributed by atoms with van der Waals surface area (Å²) in [5, 5.41) is 8.43. The van der Waals surface area contributed by atoms with Crippen molar-refractivity contribution in [2.24, 2.45) is 0 Å². The van der Waals surface area contributed by atoms with Crippen LogP contribution in [-0.4, -0.2) is 15.2 Å². The molecule has 0 fully saturated rings. The van der Waals surface area contributed by atoms with Gasteiger partial charge in [0.15, 0.2) is 5.82 Å². The molecule has 1 heterocycles. The van der Waals surface area contributed by atoms with Gasteiger partial charge in [0.25, 0.3) is 0 Å². The smallest absolute Gasteiger partial charge is 0.242 e. The molecule has 0 bridgehead atoms. The second-order valence-electron chi connectivity index (χ2n) is 3.78. The number of hydrogen-bond acceptors (Lipinski definition) is 6. The van der Waals surface area contributed by atoms with Crippen LogP contribution in [0.3, 0.4) is 0 Å². The summed E-state index contributed by atoms with van der Waals surface area (Å²) in [6.45, 7) is 1.75. The Morgan fingerprint density at radius 2 is 1.95 bits per heavy atom. The van der Waals surface area contributed by atoms with Crippen LogP contribution < -0.4 is 16.2 Å². The fourth-order valence-electron chi connectivity index (χ4n) is 1.47. The molecule has 0 spiro atoms. The molecular formula is C11H11Cl2N5O. The first-order valence-corrected chi connectivity index (χ1v) is 6.10. The summed E-state index contributed by atoms with van der Waals surface area (Å²) in [5.41, 5.74) is 11.5. The average molecular weight is 300 g/mol. The quantitative estimate of drug-likeness (QED) is 0.903. The van der Waals surface area contributed by atoms with E-state index in [1.165, 1.54) is 0 Å². The first kappa shape index (κ1) is 13.6. The van der Waals surface area contributed by atoms with E-state index in [0.29, 0.717) is 21.5 Å². The predicted octanol–water partition coefficient (Wildman–Crippen LogP) is 2.48. The van der Waals surface area contributed by atoms with Gasteiger partial charge in [-0.1, -0.05) is 23.2 Å². The van der Waals surface area contributed by atoms with Gasteiger partial charge in [-0.3, -0.25) is 0 Å². The molecule has 1 atom stereocenters. The van der Waals surface area contributed by atoms with E-state index in [4.69, 9.17) is 39.4 Å². The molecule has 1 aromatic heterocycles. The zero-order valence-electron chi connectivity index (χ0n) is 9.97. The molecule has 6 nitrogen and oxygen atoms in total. The second kappa shape index (κ2) is 5.46. The molecule has 4 N–H and O–H groups in total. The van der Waals surface area contributed by atoms with E-state index >= 15 is 0 Å². The molecule has 0 aliphatic heterocycles. The molecule has 19 heavy (non-hydrogen) atoms. The third-order valence-corrected chi connectivity index (χ3v) is 2.87. The van der Waals surface area contributed by atoms with Crippen LogP contribution in [-0.2, 0) is 0 Å². The van der Waals surface area contributed by atoms with Crippen LogP contribution in [0.2, 0.25) is 10.0 Å². The number of nitrogens with two attached hydrogens (primary N) is 2. The lowest BCUT2D eigenvalue weighted by Gasteiger charge is -2.15. The highest BCUT2D eigenvalue weighted by molar-refractivity contribution is 6.35. The number of nitrogen functional groups attached to an aromatic ring is 2. The molecule has 0 radical (unpaired) electrons. The first-order chi connectivity index (χ1) is 8.97. The Balaban J connectivity index is 2.23. The number of halogens is 2. The Kier molecular flexibility index (Phi) is 3.92. The van der Waals surface area contributed by atoms with Gasteiger partial charge in [-0.25, -0.2) is 0 Å². The van der Waals surface area contributed by atoms with Crippen LogP contribution in [0.1, 0.15) is 18.7 Å². The Bertz CT molecular complexity index is 608. The highest BCUT2D eigenvalue weighted by Crippen LogP contribution is 2.31. The molecule has 0 amide bonds. The van der Waals surface area contributed by atoms with Crippen LogP contribution in [0, 0.1) is 0 Å². The van der Waals surface area contributed by atoms with E-state index in [0.717, 1.165) is 0 Å². The SMILES string of the molecule is CC(Oc1ccc(Cl)cc1Cl)c1nnc(N)nc1N. The normalized spacial score (nSPS) is 12.2. The Labute approximate surface area is 119 Å². The van der Waals surface area contributed by atoms with Gasteiger partial charge < -0.3 is 16.2 Å². The van der Waals surface area contributed by atoms with Crippen molar-refractivity contribution in [3.8, 4) is 5.75 Å². The average Bonchev–Trinajstić information content (AvgIpc) is 2.32. The molecular weight excluding hydrogens is 289 g/mol. The monoisotopic (exact) mass is 299 g/mol. The largest absolute Gasteiger partial charge is 0.483 e. The zero-order valence-corrected chi connectivity index (χ0v) is 11.5. The van der Waals surface area contributed by atoms with Gasteiger partial charge in [0, 0.05) is 5.02 Å². The Morgan fingerprint density at radius 3 is 2.58 bits per heavy atom. The summed E-state index contributed by atoms with van der Waals surface area (Å²) in [6, 6.07) is 4.92. The van der Waals surface area contributed by atoms with Crippen molar-refractivity contribution in [2.45, 2.75) is 13.0 Å². The Hall–Kier alpha value is -1.79. The highest BCUT2D eigenvalue weighted by atomic mass is 35.5. The van der Waals surface area contributed by atoms with E-state index < -0.39 is 6.10 Å². The first-order valence-electron chi connectivity index (χ1n) is 5.34. The summed E-state index contributed by atoms with van der Waals surface area (Å²) >= 11 is 11.8. The van der Waals surface area contributed by atoms with Crippen molar-refractivity contribution in [1.29, 1.82) is 0 Å². The fourth-order valence-corrected chi connectivity index (χ4v) is 1.92. The zero-order chi connectivity index (χ0) is 14.0. The van der Waals surface area contributed by atoms with Crippen LogP contribution in [0.15, 0.2) is 18.2 Å². The molecule has 2 aromatic rings. The second-order valence-corrected chi connectivity index (χ2v) is 4.62. The van der Waals surface area contributed by atoms with Crippen molar-refractivity contribution in [2.75, 3.05) is 11.5 Å². The van der Waals surface area contributed by atoms with Crippen molar-refractivity contribution >= 4 is 35.0 Å². The van der Waals surface area contributed by atoms with Gasteiger partial charge in [0.2, 0.25) is 5.95 Å². The number of rotatable bonds is 3.